The van der Waals surface area contributed by atoms with E-state index in [9.17, 15) is 5.11 Å². The van der Waals surface area contributed by atoms with Crippen molar-refractivity contribution in [1.29, 1.82) is 0 Å². The van der Waals surface area contributed by atoms with Gasteiger partial charge in [-0.25, -0.2) is 4.98 Å². The van der Waals surface area contributed by atoms with Gasteiger partial charge in [0.1, 0.15) is 6.10 Å². The van der Waals surface area contributed by atoms with Gasteiger partial charge < -0.3 is 14.4 Å². The van der Waals surface area contributed by atoms with Crippen molar-refractivity contribution >= 4 is 0 Å². The molecule has 2 atom stereocenters. The molecule has 1 aliphatic heterocycles. The molecule has 2 unspecified atom stereocenters. The van der Waals surface area contributed by atoms with Crippen LogP contribution in [0.15, 0.2) is 10.6 Å². The van der Waals surface area contributed by atoms with E-state index in [1.165, 1.54) is 0 Å². The molecule has 1 saturated heterocycles. The summed E-state index contributed by atoms with van der Waals surface area (Å²) in [5.74, 6) is 1.73. The topological polar surface area (TPSA) is 49.5 Å². The van der Waals surface area contributed by atoms with Crippen LogP contribution in [0.3, 0.4) is 0 Å². The van der Waals surface area contributed by atoms with Gasteiger partial charge in [0.2, 0.25) is 0 Å². The molecular weight excluding hydrogens is 204 g/mol. The highest BCUT2D eigenvalue weighted by Crippen LogP contribution is 2.28. The molecule has 4 nitrogen and oxygen atoms in total. The minimum Gasteiger partial charge on any atom is -0.443 e. The standard InChI is InChI=1S/C12H20N2O2/c1-8(2)14-5-4-10(7-14)12-13-6-11(16-12)9(3)15/h6,8-10,15H,4-5,7H2,1-3H3. The maximum absolute atomic E-state index is 9.38. The zero-order valence-corrected chi connectivity index (χ0v) is 10.2. The Morgan fingerprint density at radius 2 is 2.25 bits per heavy atom. The van der Waals surface area contributed by atoms with Gasteiger partial charge in [-0.15, -0.1) is 0 Å². The van der Waals surface area contributed by atoms with Gasteiger partial charge >= 0.3 is 0 Å². The number of aliphatic hydroxyl groups excluding tert-OH is 1. The zero-order chi connectivity index (χ0) is 11.7. The molecule has 1 fully saturated rings. The van der Waals surface area contributed by atoms with E-state index < -0.39 is 6.10 Å². The van der Waals surface area contributed by atoms with E-state index in [0.717, 1.165) is 25.4 Å². The first kappa shape index (κ1) is 11.6. The molecule has 16 heavy (non-hydrogen) atoms. The van der Waals surface area contributed by atoms with Crippen LogP contribution in [-0.4, -0.2) is 34.1 Å². The maximum atomic E-state index is 9.38. The van der Waals surface area contributed by atoms with Gasteiger partial charge in [0, 0.05) is 18.5 Å². The van der Waals surface area contributed by atoms with Gasteiger partial charge in [-0.3, -0.25) is 0 Å². The average Bonchev–Trinajstić information content (AvgIpc) is 2.86. The molecule has 0 aliphatic carbocycles. The lowest BCUT2D eigenvalue weighted by atomic mass is 10.1. The maximum Gasteiger partial charge on any atom is 0.198 e. The van der Waals surface area contributed by atoms with Crippen LogP contribution < -0.4 is 0 Å². The molecule has 1 aromatic rings. The fourth-order valence-electron chi connectivity index (χ4n) is 2.14. The van der Waals surface area contributed by atoms with Gasteiger partial charge in [0.15, 0.2) is 11.7 Å². The first-order valence-electron chi connectivity index (χ1n) is 5.95. The van der Waals surface area contributed by atoms with Crippen molar-refractivity contribution in [3.8, 4) is 0 Å². The Morgan fingerprint density at radius 1 is 1.50 bits per heavy atom. The Balaban J connectivity index is 2.03. The van der Waals surface area contributed by atoms with E-state index in [-0.39, 0.29) is 0 Å². The highest BCUT2D eigenvalue weighted by molar-refractivity contribution is 5.03. The third kappa shape index (κ3) is 2.28. The molecule has 0 saturated carbocycles. The minimum atomic E-state index is -0.566. The van der Waals surface area contributed by atoms with E-state index in [0.29, 0.717) is 17.7 Å². The van der Waals surface area contributed by atoms with Crippen LogP contribution in [0, 0.1) is 0 Å². The second kappa shape index (κ2) is 4.55. The van der Waals surface area contributed by atoms with E-state index in [1.807, 2.05) is 0 Å². The first-order valence-corrected chi connectivity index (χ1v) is 5.95. The van der Waals surface area contributed by atoms with Crippen LogP contribution in [0.25, 0.3) is 0 Å². The van der Waals surface area contributed by atoms with Crippen molar-refractivity contribution in [2.24, 2.45) is 0 Å². The third-order valence-corrected chi connectivity index (χ3v) is 3.25. The molecule has 0 spiro atoms. The molecule has 0 amide bonds. The highest BCUT2D eigenvalue weighted by atomic mass is 16.4. The number of nitrogens with zero attached hydrogens (tertiary/aromatic N) is 2. The first-order chi connectivity index (χ1) is 7.58. The fraction of sp³-hybridized carbons (Fsp3) is 0.750. The van der Waals surface area contributed by atoms with E-state index >= 15 is 0 Å². The van der Waals surface area contributed by atoms with Crippen LogP contribution in [0.1, 0.15) is 50.9 Å². The second-order valence-corrected chi connectivity index (χ2v) is 4.85. The molecule has 2 heterocycles. The summed E-state index contributed by atoms with van der Waals surface area (Å²) >= 11 is 0. The molecule has 0 bridgehead atoms. The van der Waals surface area contributed by atoms with Crippen LogP contribution >= 0.6 is 0 Å². The minimum absolute atomic E-state index is 0.384. The molecule has 0 aromatic carbocycles. The SMILES string of the molecule is CC(O)c1cnc(C2CCN(C(C)C)C2)o1. The summed E-state index contributed by atoms with van der Waals surface area (Å²) in [5, 5.41) is 9.38. The van der Waals surface area contributed by atoms with Gasteiger partial charge in [-0.2, -0.15) is 0 Å². The molecule has 1 aliphatic rings. The number of rotatable bonds is 3. The monoisotopic (exact) mass is 224 g/mol. The molecule has 2 rings (SSSR count). The van der Waals surface area contributed by atoms with Gasteiger partial charge in [0.25, 0.3) is 0 Å². The van der Waals surface area contributed by atoms with Crippen molar-refractivity contribution in [3.63, 3.8) is 0 Å². The largest absolute Gasteiger partial charge is 0.443 e. The fourth-order valence-corrected chi connectivity index (χ4v) is 2.14. The van der Waals surface area contributed by atoms with Gasteiger partial charge in [-0.05, 0) is 33.7 Å². The van der Waals surface area contributed by atoms with Crippen LogP contribution in [0.2, 0.25) is 0 Å². The summed E-state index contributed by atoms with van der Waals surface area (Å²) in [6, 6.07) is 0.580. The Kier molecular flexibility index (Phi) is 3.30. The zero-order valence-electron chi connectivity index (χ0n) is 10.2. The summed E-state index contributed by atoms with van der Waals surface area (Å²) in [4.78, 5) is 6.69. The Labute approximate surface area is 96.3 Å². The lowest BCUT2D eigenvalue weighted by molar-refractivity contribution is 0.165. The number of hydrogen-bond acceptors (Lipinski definition) is 4. The Hall–Kier alpha value is -0.870. The Bertz CT molecular complexity index is 347. The van der Waals surface area contributed by atoms with Crippen molar-refractivity contribution in [2.45, 2.75) is 45.3 Å². The molecule has 0 radical (unpaired) electrons. The predicted molar refractivity (Wildman–Crippen MR) is 61.2 cm³/mol. The van der Waals surface area contributed by atoms with Crippen molar-refractivity contribution in [1.82, 2.24) is 9.88 Å². The van der Waals surface area contributed by atoms with Crippen LogP contribution in [0.5, 0.6) is 0 Å². The average molecular weight is 224 g/mol. The van der Waals surface area contributed by atoms with Crippen molar-refractivity contribution in [2.75, 3.05) is 13.1 Å². The number of oxazole rings is 1. The van der Waals surface area contributed by atoms with Gasteiger partial charge in [0.05, 0.1) is 6.20 Å². The second-order valence-electron chi connectivity index (χ2n) is 4.85. The number of hydrogen-bond donors (Lipinski definition) is 1. The molecular formula is C12H20N2O2. The quantitative estimate of drug-likeness (QED) is 0.852. The Morgan fingerprint density at radius 3 is 2.75 bits per heavy atom. The summed E-state index contributed by atoms with van der Waals surface area (Å²) in [7, 11) is 0. The summed E-state index contributed by atoms with van der Waals surface area (Å²) in [5.41, 5.74) is 0. The van der Waals surface area contributed by atoms with E-state index in [4.69, 9.17) is 4.42 Å². The van der Waals surface area contributed by atoms with Gasteiger partial charge in [-0.1, -0.05) is 0 Å². The number of likely N-dealkylation sites (tertiary alicyclic amines) is 1. The predicted octanol–water partition coefficient (Wildman–Crippen LogP) is 1.93. The molecule has 90 valence electrons. The molecule has 1 N–H and O–H groups in total. The van der Waals surface area contributed by atoms with E-state index in [2.05, 4.69) is 23.7 Å². The molecule has 4 heteroatoms. The molecule has 1 aromatic heterocycles. The third-order valence-electron chi connectivity index (χ3n) is 3.25. The van der Waals surface area contributed by atoms with E-state index in [1.54, 1.807) is 13.1 Å². The summed E-state index contributed by atoms with van der Waals surface area (Å²) < 4.78 is 5.57. The lowest BCUT2D eigenvalue weighted by Crippen LogP contribution is -2.27. The number of aliphatic hydroxyl groups is 1. The van der Waals surface area contributed by atoms with Crippen molar-refractivity contribution in [3.05, 3.63) is 17.8 Å². The summed E-state index contributed by atoms with van der Waals surface area (Å²) in [6.07, 6.45) is 2.17. The van der Waals surface area contributed by atoms with Crippen LogP contribution in [0.4, 0.5) is 0 Å². The normalized spacial score (nSPS) is 24.2. The van der Waals surface area contributed by atoms with Crippen LogP contribution in [-0.2, 0) is 0 Å². The highest BCUT2D eigenvalue weighted by Gasteiger charge is 2.28. The summed E-state index contributed by atoms with van der Waals surface area (Å²) in [6.45, 7) is 8.23. The number of aromatic nitrogens is 1. The van der Waals surface area contributed by atoms with Crippen molar-refractivity contribution < 1.29 is 9.52 Å². The smallest absolute Gasteiger partial charge is 0.198 e. The lowest BCUT2D eigenvalue weighted by Gasteiger charge is -2.19.